The van der Waals surface area contributed by atoms with Crippen LogP contribution in [0, 0.1) is 12.8 Å². The molecule has 3 rings (SSSR count). The number of ether oxygens (including phenoxy) is 2. The molecule has 1 aromatic carbocycles. The lowest BCUT2D eigenvalue weighted by atomic mass is 9.86. The van der Waals surface area contributed by atoms with Crippen LogP contribution in [0.15, 0.2) is 36.4 Å². The van der Waals surface area contributed by atoms with Gasteiger partial charge < -0.3 is 9.47 Å². The number of rotatable bonds is 5. The summed E-state index contributed by atoms with van der Waals surface area (Å²) < 4.78 is 11.5. The van der Waals surface area contributed by atoms with Crippen LogP contribution in [0.4, 0.5) is 0 Å². The Balaban J connectivity index is 1.43. The van der Waals surface area contributed by atoms with Gasteiger partial charge in [0.05, 0.1) is 13.2 Å². The van der Waals surface area contributed by atoms with Gasteiger partial charge >= 0.3 is 0 Å². The summed E-state index contributed by atoms with van der Waals surface area (Å²) in [6.07, 6.45) is 10.5. The summed E-state index contributed by atoms with van der Waals surface area (Å²) in [4.78, 5) is 0. The van der Waals surface area contributed by atoms with Crippen molar-refractivity contribution >= 4 is 0 Å². The normalized spacial score (nSPS) is 24.7. The molecule has 0 N–H and O–H groups in total. The Morgan fingerprint density at radius 2 is 1.91 bits per heavy atom. The predicted octanol–water partition coefficient (Wildman–Crippen LogP) is 4.98. The highest BCUT2D eigenvalue weighted by molar-refractivity contribution is 5.23. The zero-order valence-corrected chi connectivity index (χ0v) is 13.9. The average molecular weight is 300 g/mol. The van der Waals surface area contributed by atoms with E-state index in [-0.39, 0.29) is 5.79 Å². The fraction of sp³-hybridized carbons (Fsp3) is 0.600. The minimum absolute atomic E-state index is 0.369. The van der Waals surface area contributed by atoms with E-state index >= 15 is 0 Å². The third kappa shape index (κ3) is 3.80. The largest absolute Gasteiger partial charge is 0.344 e. The second kappa shape index (κ2) is 6.97. The molecule has 2 nitrogen and oxygen atoms in total. The Morgan fingerprint density at radius 3 is 2.55 bits per heavy atom. The molecule has 120 valence electrons. The Bertz CT molecular complexity index is 497. The van der Waals surface area contributed by atoms with Crippen molar-refractivity contribution in [1.82, 2.24) is 0 Å². The second-order valence-electron chi connectivity index (χ2n) is 6.91. The molecule has 2 unspecified atom stereocenters. The fourth-order valence-corrected chi connectivity index (χ4v) is 3.55. The van der Waals surface area contributed by atoms with Gasteiger partial charge in [-0.25, -0.2) is 0 Å². The van der Waals surface area contributed by atoms with Gasteiger partial charge in [0.15, 0.2) is 5.79 Å². The van der Waals surface area contributed by atoms with Crippen molar-refractivity contribution < 1.29 is 9.47 Å². The first-order chi connectivity index (χ1) is 10.7. The van der Waals surface area contributed by atoms with Crippen LogP contribution >= 0.6 is 0 Å². The number of allylic oxidation sites excluding steroid dienone is 1. The SMILES string of the molecule is Cc1ccc(C(C)CCCC2C=CC3(CC2)OCCO3)cc1. The van der Waals surface area contributed by atoms with Crippen LogP contribution in [0.25, 0.3) is 0 Å². The summed E-state index contributed by atoms with van der Waals surface area (Å²) in [5, 5.41) is 0. The molecule has 1 aliphatic heterocycles. The second-order valence-corrected chi connectivity index (χ2v) is 6.91. The summed E-state index contributed by atoms with van der Waals surface area (Å²) in [5.74, 6) is 0.982. The minimum Gasteiger partial charge on any atom is -0.344 e. The van der Waals surface area contributed by atoms with Gasteiger partial charge in [-0.05, 0) is 49.7 Å². The maximum absolute atomic E-state index is 5.73. The minimum atomic E-state index is -0.369. The summed E-state index contributed by atoms with van der Waals surface area (Å²) in [5.41, 5.74) is 2.81. The lowest BCUT2D eigenvalue weighted by molar-refractivity contribution is -0.127. The van der Waals surface area contributed by atoms with Gasteiger partial charge in [0, 0.05) is 6.42 Å². The van der Waals surface area contributed by atoms with E-state index in [9.17, 15) is 0 Å². The molecule has 22 heavy (non-hydrogen) atoms. The maximum Gasteiger partial charge on any atom is 0.188 e. The predicted molar refractivity (Wildman–Crippen MR) is 89.9 cm³/mol. The van der Waals surface area contributed by atoms with Gasteiger partial charge in [0.1, 0.15) is 0 Å². The highest BCUT2D eigenvalue weighted by Crippen LogP contribution is 2.35. The van der Waals surface area contributed by atoms with Crippen LogP contribution in [0.2, 0.25) is 0 Å². The molecule has 0 bridgehead atoms. The molecule has 0 radical (unpaired) electrons. The summed E-state index contributed by atoms with van der Waals surface area (Å²) in [6.45, 7) is 5.97. The zero-order valence-electron chi connectivity index (χ0n) is 13.9. The highest BCUT2D eigenvalue weighted by atomic mass is 16.7. The topological polar surface area (TPSA) is 18.5 Å². The average Bonchev–Trinajstić information content (AvgIpc) is 2.98. The van der Waals surface area contributed by atoms with E-state index in [1.807, 2.05) is 0 Å². The monoisotopic (exact) mass is 300 g/mol. The molecule has 1 saturated heterocycles. The van der Waals surface area contributed by atoms with E-state index < -0.39 is 0 Å². The Kier molecular flexibility index (Phi) is 5.00. The molecule has 1 aromatic rings. The molecule has 0 saturated carbocycles. The molecule has 2 aliphatic rings. The van der Waals surface area contributed by atoms with Gasteiger partial charge in [-0.3, -0.25) is 0 Å². The third-order valence-electron chi connectivity index (χ3n) is 5.12. The summed E-state index contributed by atoms with van der Waals surface area (Å²) in [6, 6.07) is 8.99. The van der Waals surface area contributed by atoms with E-state index in [1.165, 1.54) is 36.8 Å². The van der Waals surface area contributed by atoms with Crippen LogP contribution in [0.1, 0.15) is 56.1 Å². The van der Waals surface area contributed by atoms with Gasteiger partial charge in [-0.15, -0.1) is 0 Å². The van der Waals surface area contributed by atoms with Crippen molar-refractivity contribution in [3.05, 3.63) is 47.5 Å². The van der Waals surface area contributed by atoms with E-state index in [1.54, 1.807) is 0 Å². The van der Waals surface area contributed by atoms with Crippen LogP contribution in [-0.4, -0.2) is 19.0 Å². The third-order valence-corrected chi connectivity index (χ3v) is 5.12. The lowest BCUT2D eigenvalue weighted by Gasteiger charge is -2.30. The molecule has 2 heteroatoms. The number of aryl methyl sites for hydroxylation is 1. The van der Waals surface area contributed by atoms with E-state index in [0.717, 1.165) is 19.6 Å². The fourth-order valence-electron chi connectivity index (χ4n) is 3.55. The van der Waals surface area contributed by atoms with Gasteiger partial charge in [-0.1, -0.05) is 49.2 Å². The molecule has 1 aliphatic carbocycles. The van der Waals surface area contributed by atoms with Gasteiger partial charge in [0.25, 0.3) is 0 Å². The van der Waals surface area contributed by atoms with E-state index in [2.05, 4.69) is 50.3 Å². The Labute approximate surface area is 134 Å². The number of hydrogen-bond acceptors (Lipinski definition) is 2. The molecule has 1 heterocycles. The maximum atomic E-state index is 5.73. The van der Waals surface area contributed by atoms with Gasteiger partial charge in [0.2, 0.25) is 0 Å². The Hall–Kier alpha value is -1.12. The van der Waals surface area contributed by atoms with Crippen LogP contribution in [-0.2, 0) is 9.47 Å². The van der Waals surface area contributed by atoms with Gasteiger partial charge in [-0.2, -0.15) is 0 Å². The van der Waals surface area contributed by atoms with Crippen LogP contribution < -0.4 is 0 Å². The number of hydrogen-bond donors (Lipinski definition) is 0. The number of benzene rings is 1. The van der Waals surface area contributed by atoms with Crippen molar-refractivity contribution in [3.8, 4) is 0 Å². The first-order valence-electron chi connectivity index (χ1n) is 8.71. The van der Waals surface area contributed by atoms with Crippen molar-refractivity contribution in [1.29, 1.82) is 0 Å². The van der Waals surface area contributed by atoms with Crippen LogP contribution in [0.3, 0.4) is 0 Å². The molecular formula is C20H28O2. The quantitative estimate of drug-likeness (QED) is 0.714. The smallest absolute Gasteiger partial charge is 0.188 e. The van der Waals surface area contributed by atoms with Crippen molar-refractivity contribution in [2.24, 2.45) is 5.92 Å². The highest BCUT2D eigenvalue weighted by Gasteiger charge is 2.36. The molecule has 1 fully saturated rings. The zero-order chi connectivity index (χ0) is 15.4. The molecule has 1 spiro atoms. The standard InChI is InChI=1S/C20H28O2/c1-16-6-8-19(9-7-16)17(2)4-3-5-18-10-12-20(13-11-18)21-14-15-22-20/h6-10,12,17-18H,3-5,11,13-15H2,1-2H3. The summed E-state index contributed by atoms with van der Waals surface area (Å²) in [7, 11) is 0. The lowest BCUT2D eigenvalue weighted by Crippen LogP contribution is -2.31. The molecular weight excluding hydrogens is 272 g/mol. The Morgan fingerprint density at radius 1 is 1.18 bits per heavy atom. The first-order valence-corrected chi connectivity index (χ1v) is 8.71. The van der Waals surface area contributed by atoms with Crippen LogP contribution in [0.5, 0.6) is 0 Å². The van der Waals surface area contributed by atoms with Crippen molar-refractivity contribution in [2.75, 3.05) is 13.2 Å². The van der Waals surface area contributed by atoms with E-state index in [0.29, 0.717) is 11.8 Å². The first kappa shape index (κ1) is 15.8. The van der Waals surface area contributed by atoms with Crippen molar-refractivity contribution in [2.45, 2.75) is 57.7 Å². The molecule has 0 amide bonds. The molecule has 0 aromatic heterocycles. The molecule has 2 atom stereocenters. The van der Waals surface area contributed by atoms with E-state index in [4.69, 9.17) is 9.47 Å². The summed E-state index contributed by atoms with van der Waals surface area (Å²) >= 11 is 0. The van der Waals surface area contributed by atoms with Crippen molar-refractivity contribution in [3.63, 3.8) is 0 Å².